The largest absolute Gasteiger partial charge is 0.387 e. The Hall–Kier alpha value is -1.63. The standard InChI is InChI=1S/C12H17N4O8P/c1-21-7-6(18)11(23-24-25(20)4-17)22-10(7)16-3-2-5-8(16)14-12(13)15-9(5)19/h2-3,6-7,10-11,17-18,20H,4H2,1H3,(H3,13,14,15,19)/t6?,7-,10+,11+,25?/m0/s1. The van der Waals surface area contributed by atoms with Gasteiger partial charge in [-0.2, -0.15) is 14.5 Å². The maximum atomic E-state index is 11.9. The number of aromatic amines is 1. The number of anilines is 1. The molecule has 12 nitrogen and oxygen atoms in total. The van der Waals surface area contributed by atoms with Gasteiger partial charge in [0.1, 0.15) is 18.6 Å². The van der Waals surface area contributed by atoms with Crippen molar-refractivity contribution in [3.05, 3.63) is 22.6 Å². The molecule has 3 heterocycles. The molecule has 0 radical (unpaired) electrons. The number of aliphatic hydroxyl groups excluding tert-OH is 2. The second-order valence-electron chi connectivity index (χ2n) is 5.16. The zero-order valence-corrected chi connectivity index (χ0v) is 13.9. The molecule has 2 aromatic heterocycles. The summed E-state index contributed by atoms with van der Waals surface area (Å²) in [5.41, 5.74) is 5.39. The van der Waals surface area contributed by atoms with Gasteiger partial charge in [-0.25, -0.2) is 0 Å². The minimum atomic E-state index is -2.21. The molecule has 2 aromatic rings. The first-order valence-electron chi connectivity index (χ1n) is 7.09. The normalized spacial score (nSPS) is 27.8. The summed E-state index contributed by atoms with van der Waals surface area (Å²) in [6, 6.07) is 1.52. The molecule has 25 heavy (non-hydrogen) atoms. The number of fused-ring (bicyclic) bond motifs is 1. The Labute approximate surface area is 141 Å². The number of aromatic nitrogens is 3. The molecule has 2 unspecified atom stereocenters. The average molecular weight is 376 g/mol. The van der Waals surface area contributed by atoms with Gasteiger partial charge in [-0.1, -0.05) is 0 Å². The van der Waals surface area contributed by atoms with E-state index in [-0.39, 0.29) is 17.0 Å². The van der Waals surface area contributed by atoms with Crippen molar-refractivity contribution in [2.45, 2.75) is 24.7 Å². The molecule has 1 aliphatic rings. The summed E-state index contributed by atoms with van der Waals surface area (Å²) in [4.78, 5) is 32.4. The second-order valence-corrected chi connectivity index (χ2v) is 6.30. The number of nitrogens with zero attached hydrogens (tertiary/aromatic N) is 2. The first kappa shape index (κ1) is 18.2. The fraction of sp³-hybridized carbons (Fsp3) is 0.500. The van der Waals surface area contributed by atoms with E-state index in [1.165, 1.54) is 23.9 Å². The number of methoxy groups -OCH3 is 1. The van der Waals surface area contributed by atoms with Gasteiger partial charge in [0.05, 0.1) is 5.39 Å². The summed E-state index contributed by atoms with van der Waals surface area (Å²) in [6.07, 6.45) is -3.46. The van der Waals surface area contributed by atoms with E-state index in [0.717, 1.165) is 0 Å². The number of aliphatic hydroxyl groups is 2. The van der Waals surface area contributed by atoms with Crippen LogP contribution in [-0.4, -0.2) is 61.6 Å². The Morgan fingerprint density at radius 3 is 3.00 bits per heavy atom. The molecule has 13 heteroatoms. The Bertz CT molecular complexity index is 797. The number of hydrogen-bond acceptors (Lipinski definition) is 10. The maximum absolute atomic E-state index is 11.9. The molecular formula is C12H17N4O8P. The van der Waals surface area contributed by atoms with Gasteiger partial charge in [-0.3, -0.25) is 9.78 Å². The molecule has 0 bridgehead atoms. The molecule has 138 valence electrons. The SMILES string of the molecule is CO[C@H]1C(O)[C@@H](OOP(O)CO)O[C@H]1n1ccc2c(=O)[nH]c(N)nc21. The molecule has 6 N–H and O–H groups in total. The third-order valence-corrected chi connectivity index (χ3v) is 4.16. The first-order valence-corrected chi connectivity index (χ1v) is 8.49. The van der Waals surface area contributed by atoms with Gasteiger partial charge < -0.3 is 34.9 Å². The van der Waals surface area contributed by atoms with Gasteiger partial charge in [0.25, 0.3) is 5.56 Å². The molecular weight excluding hydrogens is 359 g/mol. The molecule has 1 aliphatic heterocycles. The lowest BCUT2D eigenvalue weighted by atomic mass is 10.2. The van der Waals surface area contributed by atoms with Crippen LogP contribution in [-0.2, 0) is 19.0 Å². The van der Waals surface area contributed by atoms with Crippen LogP contribution in [0.15, 0.2) is 17.1 Å². The third kappa shape index (κ3) is 3.38. The van der Waals surface area contributed by atoms with Crippen LogP contribution in [0.3, 0.4) is 0 Å². The van der Waals surface area contributed by atoms with Crippen LogP contribution in [0.2, 0.25) is 0 Å². The molecule has 1 saturated heterocycles. The zero-order chi connectivity index (χ0) is 18.1. The predicted molar refractivity (Wildman–Crippen MR) is 83.9 cm³/mol. The highest BCUT2D eigenvalue weighted by molar-refractivity contribution is 7.45. The van der Waals surface area contributed by atoms with Crippen LogP contribution >= 0.6 is 8.38 Å². The monoisotopic (exact) mass is 376 g/mol. The van der Waals surface area contributed by atoms with E-state index >= 15 is 0 Å². The Kier molecular flexibility index (Phi) is 5.32. The second kappa shape index (κ2) is 7.32. The quantitative estimate of drug-likeness (QED) is 0.232. The van der Waals surface area contributed by atoms with E-state index in [2.05, 4.69) is 14.6 Å². The number of hydrogen-bond donors (Lipinski definition) is 5. The molecule has 5 atom stereocenters. The van der Waals surface area contributed by atoms with Crippen molar-refractivity contribution in [3.63, 3.8) is 0 Å². The molecule has 1 fully saturated rings. The van der Waals surface area contributed by atoms with E-state index in [9.17, 15) is 14.8 Å². The van der Waals surface area contributed by atoms with E-state index in [4.69, 9.17) is 25.2 Å². The summed E-state index contributed by atoms with van der Waals surface area (Å²) in [5, 5.41) is 19.3. The fourth-order valence-corrected chi connectivity index (χ4v) is 2.79. The van der Waals surface area contributed by atoms with Crippen LogP contribution in [0.1, 0.15) is 6.23 Å². The molecule has 0 amide bonds. The summed E-state index contributed by atoms with van der Waals surface area (Å²) in [7, 11) is -0.846. The van der Waals surface area contributed by atoms with E-state index in [1.807, 2.05) is 0 Å². The minimum absolute atomic E-state index is 0.0741. The number of rotatable bonds is 6. The first-order chi connectivity index (χ1) is 12.0. The van der Waals surface area contributed by atoms with Crippen molar-refractivity contribution in [2.24, 2.45) is 0 Å². The number of ether oxygens (including phenoxy) is 2. The molecule has 0 aliphatic carbocycles. The van der Waals surface area contributed by atoms with Crippen molar-refractivity contribution < 1.29 is 34.1 Å². The number of nitrogens with one attached hydrogen (secondary N) is 1. The van der Waals surface area contributed by atoms with Crippen molar-refractivity contribution in [1.82, 2.24) is 14.5 Å². The van der Waals surface area contributed by atoms with Crippen molar-refractivity contribution >= 4 is 25.4 Å². The highest BCUT2D eigenvalue weighted by Gasteiger charge is 2.47. The minimum Gasteiger partial charge on any atom is -0.387 e. The van der Waals surface area contributed by atoms with Crippen LogP contribution in [0, 0.1) is 0 Å². The van der Waals surface area contributed by atoms with Gasteiger partial charge in [0, 0.05) is 13.3 Å². The lowest BCUT2D eigenvalue weighted by Crippen LogP contribution is -2.34. The zero-order valence-electron chi connectivity index (χ0n) is 13.0. The third-order valence-electron chi connectivity index (χ3n) is 3.66. The Morgan fingerprint density at radius 1 is 1.56 bits per heavy atom. The molecule has 0 spiro atoms. The van der Waals surface area contributed by atoms with Gasteiger partial charge in [-0.15, -0.1) is 0 Å². The maximum Gasteiger partial charge on any atom is 0.261 e. The van der Waals surface area contributed by atoms with Crippen LogP contribution in [0.5, 0.6) is 0 Å². The van der Waals surface area contributed by atoms with E-state index < -0.39 is 45.0 Å². The number of nitrogen functional groups attached to an aromatic ring is 1. The lowest BCUT2D eigenvalue weighted by Gasteiger charge is -2.20. The fourth-order valence-electron chi connectivity index (χ4n) is 2.56. The highest BCUT2D eigenvalue weighted by atomic mass is 31.2. The van der Waals surface area contributed by atoms with Crippen LogP contribution in [0.4, 0.5) is 5.95 Å². The Balaban J connectivity index is 1.90. The lowest BCUT2D eigenvalue weighted by molar-refractivity contribution is -0.332. The van der Waals surface area contributed by atoms with Crippen molar-refractivity contribution in [3.8, 4) is 0 Å². The highest BCUT2D eigenvalue weighted by Crippen LogP contribution is 2.37. The van der Waals surface area contributed by atoms with E-state index in [1.54, 1.807) is 0 Å². The van der Waals surface area contributed by atoms with Crippen LogP contribution < -0.4 is 11.3 Å². The molecule has 0 saturated carbocycles. The van der Waals surface area contributed by atoms with Crippen LogP contribution in [0.25, 0.3) is 11.0 Å². The van der Waals surface area contributed by atoms with Crippen molar-refractivity contribution in [2.75, 3.05) is 19.2 Å². The summed E-state index contributed by atoms with van der Waals surface area (Å²) >= 11 is 0. The molecule has 3 rings (SSSR count). The Morgan fingerprint density at radius 2 is 2.32 bits per heavy atom. The summed E-state index contributed by atoms with van der Waals surface area (Å²) in [6.45, 7) is 0. The van der Waals surface area contributed by atoms with E-state index in [0.29, 0.717) is 0 Å². The van der Waals surface area contributed by atoms with Gasteiger partial charge in [0.2, 0.25) is 20.6 Å². The van der Waals surface area contributed by atoms with Gasteiger partial charge in [-0.05, 0) is 6.07 Å². The smallest absolute Gasteiger partial charge is 0.261 e. The number of nitrogens with two attached hydrogens (primary N) is 1. The summed E-state index contributed by atoms with van der Waals surface area (Å²) in [5.74, 6) is -0.0741. The topological polar surface area (TPSA) is 174 Å². The summed E-state index contributed by atoms with van der Waals surface area (Å²) < 4.78 is 16.8. The molecule has 0 aromatic carbocycles. The van der Waals surface area contributed by atoms with Crippen molar-refractivity contribution in [1.29, 1.82) is 0 Å². The van der Waals surface area contributed by atoms with Gasteiger partial charge in [0.15, 0.2) is 11.9 Å². The van der Waals surface area contributed by atoms with Gasteiger partial charge >= 0.3 is 0 Å². The number of H-pyrrole nitrogens is 1. The predicted octanol–water partition coefficient (Wildman–Crippen LogP) is -1.26. The average Bonchev–Trinajstić information content (AvgIpc) is 3.13.